The minimum atomic E-state index is -0.962. The number of hydrogen-bond donors (Lipinski definition) is 2. The molecule has 1 aliphatic heterocycles. The first-order chi connectivity index (χ1) is 9.57. The molecule has 5 nitrogen and oxygen atoms in total. The summed E-state index contributed by atoms with van der Waals surface area (Å²) in [5.74, 6) is -1.22. The number of carbonyl (C=O) groups is 2. The van der Waals surface area contributed by atoms with Crippen molar-refractivity contribution in [3.63, 3.8) is 0 Å². The monoisotopic (exact) mass is 274 g/mol. The number of nitrogens with zero attached hydrogens (tertiary/aromatic N) is 1. The normalized spacial score (nSPS) is 25.1. The molecule has 0 aliphatic carbocycles. The Morgan fingerprint density at radius 2 is 2.05 bits per heavy atom. The van der Waals surface area contributed by atoms with Crippen molar-refractivity contribution in [2.24, 2.45) is 16.6 Å². The highest BCUT2D eigenvalue weighted by atomic mass is 16.3. The summed E-state index contributed by atoms with van der Waals surface area (Å²) in [7, 11) is 0. The molecule has 0 aromatic heterocycles. The summed E-state index contributed by atoms with van der Waals surface area (Å²) in [4.78, 5) is 27.8. The predicted molar refractivity (Wildman–Crippen MR) is 75.4 cm³/mol. The highest BCUT2D eigenvalue weighted by Crippen LogP contribution is 2.31. The van der Waals surface area contributed by atoms with Crippen LogP contribution in [0.3, 0.4) is 0 Å². The van der Waals surface area contributed by atoms with Crippen molar-refractivity contribution in [2.45, 2.75) is 24.8 Å². The van der Waals surface area contributed by atoms with Gasteiger partial charge in [0.2, 0.25) is 5.91 Å². The van der Waals surface area contributed by atoms with Gasteiger partial charge in [0, 0.05) is 32.1 Å². The zero-order valence-corrected chi connectivity index (χ0v) is 11.2. The molecule has 0 saturated carbocycles. The first-order valence-electron chi connectivity index (χ1n) is 6.60. The summed E-state index contributed by atoms with van der Waals surface area (Å²) >= 11 is 0. The minimum Gasteiger partial charge on any atom is -0.396 e. The molecule has 0 saturated heterocycles. The van der Waals surface area contributed by atoms with E-state index in [0.29, 0.717) is 6.42 Å². The van der Waals surface area contributed by atoms with Crippen LogP contribution in [0.4, 0.5) is 0 Å². The van der Waals surface area contributed by atoms with Crippen LogP contribution in [-0.4, -0.2) is 35.2 Å². The van der Waals surface area contributed by atoms with Crippen molar-refractivity contribution in [3.8, 4) is 0 Å². The van der Waals surface area contributed by atoms with Gasteiger partial charge < -0.3 is 10.8 Å². The van der Waals surface area contributed by atoms with Crippen LogP contribution in [-0.2, 0) is 16.0 Å². The maximum absolute atomic E-state index is 12.5. The number of aliphatic hydroxyl groups excluding tert-OH is 1. The van der Waals surface area contributed by atoms with Gasteiger partial charge in [0.05, 0.1) is 5.92 Å². The van der Waals surface area contributed by atoms with Gasteiger partial charge in [-0.1, -0.05) is 30.3 Å². The van der Waals surface area contributed by atoms with E-state index >= 15 is 0 Å². The number of hydrogen-bond acceptors (Lipinski definition) is 4. The third kappa shape index (κ3) is 2.93. The van der Waals surface area contributed by atoms with Gasteiger partial charge in [-0.2, -0.15) is 0 Å². The SMILES string of the molecule is NC(=O)CC1C=NC(CCO)(Cc2ccccc2)C1=O. The van der Waals surface area contributed by atoms with Gasteiger partial charge in [0.25, 0.3) is 0 Å². The van der Waals surface area contributed by atoms with Crippen molar-refractivity contribution in [1.29, 1.82) is 0 Å². The molecule has 0 radical (unpaired) electrons. The Balaban J connectivity index is 2.21. The van der Waals surface area contributed by atoms with Gasteiger partial charge >= 0.3 is 0 Å². The Morgan fingerprint density at radius 1 is 1.35 bits per heavy atom. The average Bonchev–Trinajstić information content (AvgIpc) is 2.69. The number of amides is 1. The molecule has 2 atom stereocenters. The van der Waals surface area contributed by atoms with E-state index in [0.717, 1.165) is 5.56 Å². The second-order valence-corrected chi connectivity index (χ2v) is 5.09. The number of nitrogens with two attached hydrogens (primary N) is 1. The van der Waals surface area contributed by atoms with Crippen LogP contribution in [0.25, 0.3) is 0 Å². The van der Waals surface area contributed by atoms with E-state index in [9.17, 15) is 14.7 Å². The number of rotatable bonds is 6. The maximum atomic E-state index is 12.5. The first kappa shape index (κ1) is 14.4. The molecule has 1 amide bonds. The number of benzene rings is 1. The molecule has 1 aromatic carbocycles. The van der Waals surface area contributed by atoms with Crippen molar-refractivity contribution in [2.75, 3.05) is 6.61 Å². The molecular formula is C15H18N2O3. The number of Topliss-reactive ketones (excluding diaryl/α,β-unsaturated/α-hetero) is 1. The first-order valence-corrected chi connectivity index (χ1v) is 6.60. The molecule has 1 aliphatic rings. The van der Waals surface area contributed by atoms with Crippen molar-refractivity contribution in [1.82, 2.24) is 0 Å². The molecule has 3 N–H and O–H groups in total. The summed E-state index contributed by atoms with van der Waals surface area (Å²) in [5.41, 5.74) is 5.16. The lowest BCUT2D eigenvalue weighted by Gasteiger charge is -2.25. The molecule has 5 heteroatoms. The van der Waals surface area contributed by atoms with Crippen molar-refractivity contribution < 1.29 is 14.7 Å². The topological polar surface area (TPSA) is 92.8 Å². The molecule has 0 fully saturated rings. The van der Waals surface area contributed by atoms with Gasteiger partial charge in [-0.15, -0.1) is 0 Å². The summed E-state index contributed by atoms with van der Waals surface area (Å²) in [6, 6.07) is 9.53. The van der Waals surface area contributed by atoms with Crippen molar-refractivity contribution in [3.05, 3.63) is 35.9 Å². The highest BCUT2D eigenvalue weighted by Gasteiger charge is 2.45. The number of ketones is 1. The zero-order valence-electron chi connectivity index (χ0n) is 11.2. The van der Waals surface area contributed by atoms with E-state index in [1.54, 1.807) is 0 Å². The summed E-state index contributed by atoms with van der Waals surface area (Å²) in [5, 5.41) is 9.24. The lowest BCUT2D eigenvalue weighted by Crippen LogP contribution is -2.40. The maximum Gasteiger partial charge on any atom is 0.218 e. The van der Waals surface area contributed by atoms with Gasteiger partial charge in [-0.05, 0) is 5.56 Å². The van der Waals surface area contributed by atoms with Gasteiger partial charge in [0.15, 0.2) is 5.78 Å². The Kier molecular flexibility index (Phi) is 4.29. The minimum absolute atomic E-state index is 0.0235. The second-order valence-electron chi connectivity index (χ2n) is 5.09. The lowest BCUT2D eigenvalue weighted by molar-refractivity contribution is -0.128. The Hall–Kier alpha value is -2.01. The quantitative estimate of drug-likeness (QED) is 0.791. The summed E-state index contributed by atoms with van der Waals surface area (Å²) < 4.78 is 0. The van der Waals surface area contributed by atoms with E-state index in [1.807, 2.05) is 30.3 Å². The summed E-state index contributed by atoms with van der Waals surface area (Å²) in [6.07, 6.45) is 2.17. The molecular weight excluding hydrogens is 256 g/mol. The van der Waals surface area contributed by atoms with Gasteiger partial charge in [-0.25, -0.2) is 0 Å². The van der Waals surface area contributed by atoms with E-state index in [-0.39, 0.29) is 25.2 Å². The molecule has 1 aromatic rings. The van der Waals surface area contributed by atoms with E-state index < -0.39 is 17.4 Å². The van der Waals surface area contributed by atoms with Crippen LogP contribution in [0, 0.1) is 5.92 Å². The van der Waals surface area contributed by atoms with E-state index in [4.69, 9.17) is 5.73 Å². The zero-order chi connectivity index (χ0) is 14.6. The number of aliphatic hydroxyl groups is 1. The van der Waals surface area contributed by atoms with Crippen LogP contribution in [0.2, 0.25) is 0 Å². The third-order valence-electron chi connectivity index (χ3n) is 3.58. The van der Waals surface area contributed by atoms with Crippen molar-refractivity contribution >= 4 is 17.9 Å². The van der Waals surface area contributed by atoms with E-state index in [2.05, 4.69) is 4.99 Å². The van der Waals surface area contributed by atoms with E-state index in [1.165, 1.54) is 6.21 Å². The Morgan fingerprint density at radius 3 is 2.65 bits per heavy atom. The average molecular weight is 274 g/mol. The molecule has 0 bridgehead atoms. The van der Waals surface area contributed by atoms with Crippen LogP contribution >= 0.6 is 0 Å². The second kappa shape index (κ2) is 5.96. The molecule has 106 valence electrons. The molecule has 0 spiro atoms. The molecule has 1 heterocycles. The fourth-order valence-corrected chi connectivity index (χ4v) is 2.60. The Labute approximate surface area is 117 Å². The van der Waals surface area contributed by atoms with Gasteiger partial charge in [-0.3, -0.25) is 14.6 Å². The van der Waals surface area contributed by atoms with Crippen LogP contribution < -0.4 is 5.73 Å². The Bertz CT molecular complexity index is 527. The smallest absolute Gasteiger partial charge is 0.218 e. The molecule has 20 heavy (non-hydrogen) atoms. The number of aliphatic imine (C=N–C) groups is 1. The highest BCUT2D eigenvalue weighted by molar-refractivity contribution is 6.08. The largest absolute Gasteiger partial charge is 0.396 e. The van der Waals surface area contributed by atoms with Gasteiger partial charge in [0.1, 0.15) is 5.54 Å². The third-order valence-corrected chi connectivity index (χ3v) is 3.58. The molecule has 2 unspecified atom stereocenters. The van der Waals surface area contributed by atoms with Crippen LogP contribution in [0.1, 0.15) is 18.4 Å². The lowest BCUT2D eigenvalue weighted by atomic mass is 9.81. The number of primary amides is 1. The standard InChI is InChI=1S/C15H18N2O3/c16-13(19)8-12-10-17-15(6-7-18,14(12)20)9-11-4-2-1-3-5-11/h1-5,10,12,18H,6-9H2,(H2,16,19). The van der Waals surface area contributed by atoms with Crippen LogP contribution in [0.15, 0.2) is 35.3 Å². The number of carbonyl (C=O) groups excluding carboxylic acids is 2. The fraction of sp³-hybridized carbons (Fsp3) is 0.400. The molecule has 2 rings (SSSR count). The fourth-order valence-electron chi connectivity index (χ4n) is 2.60. The predicted octanol–water partition coefficient (Wildman–Crippen LogP) is 0.495. The summed E-state index contributed by atoms with van der Waals surface area (Å²) in [6.45, 7) is -0.126. The van der Waals surface area contributed by atoms with Crippen LogP contribution in [0.5, 0.6) is 0 Å².